The predicted octanol–water partition coefficient (Wildman–Crippen LogP) is 0.0538. The number of aromatic nitrogens is 3. The minimum atomic E-state index is 0.600. The molecule has 1 rings (SSSR count). The second-order valence-corrected chi connectivity index (χ2v) is 1.10. The van der Waals surface area contributed by atoms with Crippen molar-refractivity contribution < 1.29 is 0 Å². The molecule has 0 unspecified atom stereocenters. The van der Waals surface area contributed by atoms with Crippen LogP contribution in [0.1, 0.15) is 5.69 Å². The van der Waals surface area contributed by atoms with Gasteiger partial charge in [-0.05, 0) is 6.92 Å². The summed E-state index contributed by atoms with van der Waals surface area (Å²) in [5, 5.41) is 7.02. The highest BCUT2D eigenvalue weighted by Gasteiger charge is 1.76. The SMILES string of the molecule is [CH2]c1cncnn1. The Morgan fingerprint density at radius 2 is 2.43 bits per heavy atom. The van der Waals surface area contributed by atoms with Crippen LogP contribution in [0.4, 0.5) is 0 Å². The van der Waals surface area contributed by atoms with Gasteiger partial charge in [-0.15, -0.1) is 5.10 Å². The van der Waals surface area contributed by atoms with Crippen LogP contribution in [0.25, 0.3) is 0 Å². The lowest BCUT2D eigenvalue weighted by Crippen LogP contribution is -1.84. The van der Waals surface area contributed by atoms with E-state index in [0.717, 1.165) is 0 Å². The molecular weight excluding hydrogens is 90.1 g/mol. The number of hydrogen-bond donors (Lipinski definition) is 0. The lowest BCUT2D eigenvalue weighted by atomic mass is 10.6. The second kappa shape index (κ2) is 1.64. The first-order valence-electron chi connectivity index (χ1n) is 1.84. The van der Waals surface area contributed by atoms with E-state index in [1.54, 1.807) is 6.20 Å². The van der Waals surface area contributed by atoms with E-state index < -0.39 is 0 Å². The van der Waals surface area contributed by atoms with Gasteiger partial charge in [0.25, 0.3) is 0 Å². The Labute approximate surface area is 41.4 Å². The average molecular weight is 94.1 g/mol. The lowest BCUT2D eigenvalue weighted by Gasteiger charge is -1.79. The molecule has 0 aliphatic carbocycles. The number of nitrogens with zero attached hydrogens (tertiary/aromatic N) is 3. The van der Waals surface area contributed by atoms with Gasteiger partial charge in [0.05, 0.1) is 11.9 Å². The van der Waals surface area contributed by atoms with Gasteiger partial charge < -0.3 is 0 Å². The number of rotatable bonds is 0. The minimum Gasteiger partial charge on any atom is -0.241 e. The van der Waals surface area contributed by atoms with Crippen molar-refractivity contribution in [3.8, 4) is 0 Å². The summed E-state index contributed by atoms with van der Waals surface area (Å²) in [6.45, 7) is 3.48. The molecule has 3 heteroatoms. The molecule has 3 nitrogen and oxygen atoms in total. The molecule has 0 saturated carbocycles. The van der Waals surface area contributed by atoms with E-state index in [4.69, 9.17) is 0 Å². The zero-order valence-electron chi connectivity index (χ0n) is 3.70. The van der Waals surface area contributed by atoms with E-state index in [1.165, 1.54) is 6.33 Å². The molecule has 1 heterocycles. The molecular formula is C4H4N3. The van der Waals surface area contributed by atoms with E-state index in [2.05, 4.69) is 22.1 Å². The molecule has 0 aliphatic heterocycles. The van der Waals surface area contributed by atoms with Gasteiger partial charge in [-0.3, -0.25) is 0 Å². The third kappa shape index (κ3) is 0.924. The fourth-order valence-electron chi connectivity index (χ4n) is 0.275. The quantitative estimate of drug-likeness (QED) is 0.456. The first-order valence-corrected chi connectivity index (χ1v) is 1.84. The summed E-state index contributed by atoms with van der Waals surface area (Å²) in [6.07, 6.45) is 2.92. The molecule has 1 aromatic heterocycles. The summed E-state index contributed by atoms with van der Waals surface area (Å²) in [5.41, 5.74) is 0.600. The molecule has 0 aliphatic rings. The van der Waals surface area contributed by atoms with Gasteiger partial charge in [0, 0.05) is 0 Å². The first kappa shape index (κ1) is 4.18. The topological polar surface area (TPSA) is 38.7 Å². The zero-order valence-corrected chi connectivity index (χ0v) is 3.70. The molecule has 7 heavy (non-hydrogen) atoms. The minimum absolute atomic E-state index is 0.600. The molecule has 0 spiro atoms. The molecule has 0 fully saturated rings. The van der Waals surface area contributed by atoms with Crippen molar-refractivity contribution in [3.05, 3.63) is 25.1 Å². The van der Waals surface area contributed by atoms with E-state index in [1.807, 2.05) is 0 Å². The van der Waals surface area contributed by atoms with Crippen LogP contribution in [-0.2, 0) is 0 Å². The largest absolute Gasteiger partial charge is 0.241 e. The highest BCUT2D eigenvalue weighted by molar-refractivity contribution is 4.93. The van der Waals surface area contributed by atoms with Crippen LogP contribution in [0.15, 0.2) is 12.5 Å². The third-order valence-electron chi connectivity index (χ3n) is 0.528. The van der Waals surface area contributed by atoms with Gasteiger partial charge in [0.1, 0.15) is 6.33 Å². The molecule has 0 bridgehead atoms. The normalized spacial score (nSPS) is 8.71. The van der Waals surface area contributed by atoms with E-state index >= 15 is 0 Å². The van der Waals surface area contributed by atoms with Gasteiger partial charge in [0.2, 0.25) is 0 Å². The van der Waals surface area contributed by atoms with E-state index in [0.29, 0.717) is 5.69 Å². The van der Waals surface area contributed by atoms with Gasteiger partial charge in [0.15, 0.2) is 0 Å². The Hall–Kier alpha value is -0.990. The Morgan fingerprint density at radius 3 is 2.71 bits per heavy atom. The monoisotopic (exact) mass is 94.0 g/mol. The van der Waals surface area contributed by atoms with Crippen LogP contribution in [0.2, 0.25) is 0 Å². The van der Waals surface area contributed by atoms with Crippen LogP contribution in [-0.4, -0.2) is 15.2 Å². The summed E-state index contributed by atoms with van der Waals surface area (Å²) in [5.74, 6) is 0. The van der Waals surface area contributed by atoms with Crippen LogP contribution in [0.5, 0.6) is 0 Å². The van der Waals surface area contributed by atoms with E-state index in [-0.39, 0.29) is 0 Å². The van der Waals surface area contributed by atoms with Gasteiger partial charge in [-0.2, -0.15) is 5.10 Å². The Bertz CT molecular complexity index is 137. The molecule has 35 valence electrons. The van der Waals surface area contributed by atoms with Crippen molar-refractivity contribution in [1.29, 1.82) is 0 Å². The summed E-state index contributed by atoms with van der Waals surface area (Å²) >= 11 is 0. The van der Waals surface area contributed by atoms with Gasteiger partial charge >= 0.3 is 0 Å². The molecule has 0 saturated heterocycles. The summed E-state index contributed by atoms with van der Waals surface area (Å²) in [6, 6.07) is 0. The van der Waals surface area contributed by atoms with Crippen molar-refractivity contribution in [3.63, 3.8) is 0 Å². The molecule has 1 radical (unpaired) electrons. The highest BCUT2D eigenvalue weighted by Crippen LogP contribution is 1.77. The maximum absolute atomic E-state index is 3.65. The van der Waals surface area contributed by atoms with Gasteiger partial charge in [-0.25, -0.2) is 4.98 Å². The van der Waals surface area contributed by atoms with Crippen LogP contribution >= 0.6 is 0 Å². The predicted molar refractivity (Wildman–Crippen MR) is 24.3 cm³/mol. The highest BCUT2D eigenvalue weighted by atomic mass is 15.1. The first-order chi connectivity index (χ1) is 3.39. The van der Waals surface area contributed by atoms with Crippen molar-refractivity contribution in [2.24, 2.45) is 0 Å². The molecule has 0 N–H and O–H groups in total. The smallest absolute Gasteiger partial charge is 0.138 e. The summed E-state index contributed by atoms with van der Waals surface area (Å²) < 4.78 is 0. The Kier molecular flexibility index (Phi) is 0.978. The summed E-state index contributed by atoms with van der Waals surface area (Å²) in [4.78, 5) is 3.65. The maximum atomic E-state index is 3.65. The Morgan fingerprint density at radius 1 is 1.57 bits per heavy atom. The van der Waals surface area contributed by atoms with Crippen molar-refractivity contribution in [2.75, 3.05) is 0 Å². The fraction of sp³-hybridized carbons (Fsp3) is 0. The van der Waals surface area contributed by atoms with Crippen LogP contribution in [0.3, 0.4) is 0 Å². The van der Waals surface area contributed by atoms with Crippen LogP contribution < -0.4 is 0 Å². The van der Waals surface area contributed by atoms with E-state index in [9.17, 15) is 0 Å². The van der Waals surface area contributed by atoms with Crippen molar-refractivity contribution >= 4 is 0 Å². The summed E-state index contributed by atoms with van der Waals surface area (Å²) in [7, 11) is 0. The van der Waals surface area contributed by atoms with Gasteiger partial charge in [-0.1, -0.05) is 0 Å². The molecule has 1 aromatic rings. The molecule has 0 atom stereocenters. The number of hydrogen-bond acceptors (Lipinski definition) is 3. The third-order valence-corrected chi connectivity index (χ3v) is 0.528. The Balaban J connectivity index is 3.02. The molecule has 0 aromatic carbocycles. The van der Waals surface area contributed by atoms with Crippen LogP contribution in [0, 0.1) is 6.92 Å². The fourth-order valence-corrected chi connectivity index (χ4v) is 0.275. The average Bonchev–Trinajstić information content (AvgIpc) is 1.69. The second-order valence-electron chi connectivity index (χ2n) is 1.10. The molecule has 0 amide bonds. The standard InChI is InChI=1S/C4H4N3/c1-4-2-5-3-6-7-4/h2-3H,1H2. The zero-order chi connectivity index (χ0) is 5.11. The van der Waals surface area contributed by atoms with Crippen molar-refractivity contribution in [2.45, 2.75) is 0 Å². The van der Waals surface area contributed by atoms with Crippen molar-refractivity contribution in [1.82, 2.24) is 15.2 Å². The lowest BCUT2D eigenvalue weighted by molar-refractivity contribution is 0.947. The maximum Gasteiger partial charge on any atom is 0.138 e.